The number of hydrogen-bond acceptors (Lipinski definition) is 14. The van der Waals surface area contributed by atoms with E-state index in [0.29, 0.717) is 19.3 Å². The summed E-state index contributed by atoms with van der Waals surface area (Å²) in [5, 5.41) is 20.8. The normalized spacial score (nSPS) is 14.5. The molecule has 5 unspecified atom stereocenters. The van der Waals surface area contributed by atoms with Crippen molar-refractivity contribution in [2.45, 2.75) is 437 Å². The Morgan fingerprint density at radius 3 is 0.672 bits per heavy atom. The highest BCUT2D eigenvalue weighted by atomic mass is 31.2. The average molecular weight is 1790 g/mol. The van der Waals surface area contributed by atoms with Crippen molar-refractivity contribution in [2.75, 3.05) is 39.6 Å². The van der Waals surface area contributed by atoms with Gasteiger partial charge in [-0.15, -0.1) is 0 Å². The Kier molecular flexibility index (Phi) is 93.5. The van der Waals surface area contributed by atoms with Gasteiger partial charge in [-0.25, -0.2) is 9.13 Å². The monoisotopic (exact) mass is 1790 g/mol. The van der Waals surface area contributed by atoms with Gasteiger partial charge in [0.15, 0.2) is 6.10 Å². The van der Waals surface area contributed by atoms with Gasteiger partial charge in [0, 0.05) is 19.3 Å². The van der Waals surface area contributed by atoms with E-state index in [9.17, 15) is 43.5 Å². The lowest BCUT2D eigenvalue weighted by atomic mass is 10.0. The maximum Gasteiger partial charge on any atom is 0.472 e. The van der Waals surface area contributed by atoms with Gasteiger partial charge in [-0.1, -0.05) is 421 Å². The van der Waals surface area contributed by atoms with Crippen molar-refractivity contribution in [1.82, 2.24) is 0 Å². The Hall–Kier alpha value is -5.35. The van der Waals surface area contributed by atoms with E-state index in [0.717, 1.165) is 180 Å². The molecule has 0 amide bonds. The summed E-state index contributed by atoms with van der Waals surface area (Å²) in [4.78, 5) is 59.1. The van der Waals surface area contributed by atoms with Crippen LogP contribution >= 0.6 is 15.6 Å². The van der Waals surface area contributed by atoms with E-state index in [1.807, 2.05) is 0 Å². The summed E-state index contributed by atoms with van der Waals surface area (Å²) < 4.78 is 61.6. The lowest BCUT2D eigenvalue weighted by molar-refractivity contribution is -0.161. The summed E-state index contributed by atoms with van der Waals surface area (Å²) in [7, 11) is -9.82. The number of aliphatic hydroxyl groups is 2. The van der Waals surface area contributed by atoms with Crippen molar-refractivity contribution in [3.8, 4) is 0 Å². The molecule has 0 saturated heterocycles. The Balaban J connectivity index is 4.54. The predicted molar refractivity (Wildman–Crippen MR) is 528 cm³/mol. The molecule has 16 nitrogen and oxygen atoms in total. The quantitative estimate of drug-likeness (QED) is 0.0146. The Morgan fingerprint density at radius 1 is 0.232 bits per heavy atom. The fourth-order valence-corrected chi connectivity index (χ4v) is 15.2. The molecule has 18 heteroatoms. The highest BCUT2D eigenvalue weighted by Crippen LogP contribution is 2.45. The maximum atomic E-state index is 13.1. The molecule has 0 bridgehead atoms. The third-order valence-corrected chi connectivity index (χ3v) is 23.0. The van der Waals surface area contributed by atoms with Gasteiger partial charge in [0.1, 0.15) is 25.4 Å². The number of carbonyl (C=O) groups is 3. The van der Waals surface area contributed by atoms with Gasteiger partial charge in [0.05, 0.1) is 26.4 Å². The number of hydrogen-bond donors (Lipinski definition) is 4. The van der Waals surface area contributed by atoms with Crippen LogP contribution in [0.25, 0.3) is 0 Å². The molecule has 0 aliphatic rings. The number of carbonyl (C=O) groups excluding carboxylic acids is 3. The van der Waals surface area contributed by atoms with Gasteiger partial charge >= 0.3 is 33.6 Å². The van der Waals surface area contributed by atoms with Gasteiger partial charge in [-0.05, 0) is 161 Å². The number of ether oxygens (including phenoxy) is 3. The van der Waals surface area contributed by atoms with Gasteiger partial charge < -0.3 is 34.2 Å². The molecular formula is C107H182O16P2. The van der Waals surface area contributed by atoms with E-state index in [-0.39, 0.29) is 19.3 Å². The Labute approximate surface area is 764 Å². The lowest BCUT2D eigenvalue weighted by Crippen LogP contribution is -2.30. The minimum atomic E-state index is -4.95. The van der Waals surface area contributed by atoms with E-state index in [2.05, 4.69) is 203 Å². The third-order valence-electron chi connectivity index (χ3n) is 21.1. The van der Waals surface area contributed by atoms with Crippen molar-refractivity contribution in [2.24, 2.45) is 0 Å². The van der Waals surface area contributed by atoms with Crippen molar-refractivity contribution in [3.05, 3.63) is 182 Å². The second kappa shape index (κ2) is 97.7. The summed E-state index contributed by atoms with van der Waals surface area (Å²) in [6.07, 6.45) is 130. The molecule has 125 heavy (non-hydrogen) atoms. The van der Waals surface area contributed by atoms with Crippen LogP contribution in [0.2, 0.25) is 0 Å². The molecule has 0 aromatic heterocycles. The van der Waals surface area contributed by atoms with Crippen LogP contribution in [0.4, 0.5) is 0 Å². The summed E-state index contributed by atoms with van der Waals surface area (Å²) >= 11 is 0. The van der Waals surface area contributed by atoms with Crippen LogP contribution in [0.3, 0.4) is 0 Å². The average Bonchev–Trinajstić information content (AvgIpc) is 0.994. The molecule has 0 spiro atoms. The van der Waals surface area contributed by atoms with Crippen LogP contribution in [-0.2, 0) is 55.8 Å². The number of phosphoric acid groups is 2. The van der Waals surface area contributed by atoms with Gasteiger partial charge in [0.25, 0.3) is 0 Å². The fraction of sp³-hybridized carbons (Fsp3) is 0.692. The van der Waals surface area contributed by atoms with Gasteiger partial charge in [-0.2, -0.15) is 0 Å². The number of aliphatic hydroxyl groups excluding tert-OH is 2. The van der Waals surface area contributed by atoms with Crippen LogP contribution < -0.4 is 0 Å². The number of allylic oxidation sites excluding steroid dienone is 30. The summed E-state index contributed by atoms with van der Waals surface area (Å²) in [5.74, 6) is -1.58. The van der Waals surface area contributed by atoms with E-state index in [1.54, 1.807) is 0 Å². The van der Waals surface area contributed by atoms with Crippen LogP contribution in [-0.4, -0.2) is 95.9 Å². The molecule has 4 N–H and O–H groups in total. The summed E-state index contributed by atoms with van der Waals surface area (Å²) in [5.41, 5.74) is 0. The topological polar surface area (TPSA) is 231 Å². The predicted octanol–water partition coefficient (Wildman–Crippen LogP) is 31.6. The first-order valence-corrected chi connectivity index (χ1v) is 53.1. The molecule has 0 aliphatic heterocycles. The van der Waals surface area contributed by atoms with Gasteiger partial charge in [-0.3, -0.25) is 32.5 Å². The van der Waals surface area contributed by atoms with E-state index in [1.165, 1.54) is 180 Å². The minimum absolute atomic E-state index is 0.0802. The standard InChI is InChI=1S/C107H182O16P2/c1-4-7-10-13-16-19-22-25-28-31-34-37-39-41-43-45-47-49-50-52-54-55-57-59-61-64-66-69-72-75-78-81-84-87-90-93-105(110)117-96-102(108)97-119-124(113,114)120-98-103(109)99-121-125(115,116)122-101-104(123-107(112)95-92-89-86-83-80-77-74-71-68-63-36-33-30-27-24-21-18-15-12-9-6-3)100-118-106(111)94-91-88-85-82-79-76-73-70-67-65-62-60-58-56-53-51-48-46-44-42-40-38-35-32-29-26-23-20-17-14-11-8-5-2/h7-8,10-11,16-21,25-30,34-38,41-44,48,51,63,71,74,102-104,108-109H,4-6,9,12-15,22-24,31-33,39-40,45-47,49-50,52-62,64-70,72-73,75-101H2,1-3H3,(H,113,114)(H,115,116)/b10-7-,11-8-,19-16-,20-17-,21-18-,28-25-,29-26-,30-27-,37-34-,38-35-,43-41-,44-42-,51-48-,63-36-,74-71-. The molecule has 716 valence electrons. The molecular weight excluding hydrogens is 1600 g/mol. The lowest BCUT2D eigenvalue weighted by Gasteiger charge is -2.21. The summed E-state index contributed by atoms with van der Waals surface area (Å²) in [6, 6.07) is 0. The summed E-state index contributed by atoms with van der Waals surface area (Å²) in [6.45, 7) is 2.46. The van der Waals surface area contributed by atoms with Crippen molar-refractivity contribution >= 4 is 33.6 Å². The minimum Gasteiger partial charge on any atom is -0.463 e. The molecule has 5 atom stereocenters. The highest BCUT2D eigenvalue weighted by molar-refractivity contribution is 7.47. The van der Waals surface area contributed by atoms with Crippen LogP contribution in [0.15, 0.2) is 182 Å². The Morgan fingerprint density at radius 2 is 0.424 bits per heavy atom. The largest absolute Gasteiger partial charge is 0.472 e. The number of phosphoric ester groups is 2. The van der Waals surface area contributed by atoms with Crippen LogP contribution in [0.1, 0.15) is 419 Å². The van der Waals surface area contributed by atoms with E-state index in [4.69, 9.17) is 32.3 Å². The zero-order chi connectivity index (χ0) is 90.7. The number of rotatable bonds is 94. The zero-order valence-electron chi connectivity index (χ0n) is 79.2. The second-order valence-electron chi connectivity index (χ2n) is 33.2. The smallest absolute Gasteiger partial charge is 0.463 e. The molecule has 0 fully saturated rings. The SMILES string of the molecule is CC/C=C\C/C=C\C/C=C\C/C=C\C/C=C\C/C=C\CCCCCCCCCCCCCCCCC(=O)OCC(COP(=O)(O)OCC(O)COP(=O)(O)OCC(O)COC(=O)CCCCCCCCCCCCCCCCCCCCC/C=C\C/C=C\C/C=C\C/C=C\C/C=C\CC)OC(=O)CCCCCCC/C=C\C/C=C\C/C=C\C/C=C\CCCCC. The van der Waals surface area contributed by atoms with E-state index >= 15 is 0 Å². The zero-order valence-corrected chi connectivity index (χ0v) is 81.0. The molecule has 0 heterocycles. The van der Waals surface area contributed by atoms with Crippen LogP contribution in [0.5, 0.6) is 0 Å². The fourth-order valence-electron chi connectivity index (χ4n) is 13.6. The Bertz CT molecular complexity index is 3000. The van der Waals surface area contributed by atoms with Crippen molar-refractivity contribution in [1.29, 1.82) is 0 Å². The molecule has 0 aromatic rings. The molecule has 0 rings (SSSR count). The molecule has 0 saturated carbocycles. The molecule has 0 aliphatic carbocycles. The van der Waals surface area contributed by atoms with Crippen molar-refractivity contribution < 1.29 is 75.8 Å². The second-order valence-corrected chi connectivity index (χ2v) is 36.1. The first-order chi connectivity index (χ1) is 61.2. The molecule has 0 aromatic carbocycles. The number of esters is 3. The third kappa shape index (κ3) is 99.1. The van der Waals surface area contributed by atoms with Gasteiger partial charge in [0.2, 0.25) is 0 Å². The van der Waals surface area contributed by atoms with Crippen molar-refractivity contribution in [3.63, 3.8) is 0 Å². The first-order valence-electron chi connectivity index (χ1n) is 50.1. The maximum absolute atomic E-state index is 13.1. The highest BCUT2D eigenvalue weighted by Gasteiger charge is 2.30. The number of unbranched alkanes of at least 4 members (excludes halogenated alkanes) is 41. The molecule has 0 radical (unpaired) electrons. The first kappa shape index (κ1) is 120. The van der Waals surface area contributed by atoms with Crippen LogP contribution in [0, 0.1) is 0 Å². The van der Waals surface area contributed by atoms with E-state index < -0.39 is 91.5 Å².